The van der Waals surface area contributed by atoms with E-state index in [0.29, 0.717) is 15.6 Å². The standard InChI is InChI=1S/C13H9BrCl2O/c14-9-4-5-11(12(16)7-9)13(17)8-2-1-3-10(15)6-8/h1-7,13,17H. The first kappa shape index (κ1) is 12.9. The largest absolute Gasteiger partial charge is 0.384 e. The zero-order valence-electron chi connectivity index (χ0n) is 8.70. The maximum Gasteiger partial charge on any atom is 0.106 e. The van der Waals surface area contributed by atoms with Gasteiger partial charge in [0, 0.05) is 20.1 Å². The highest BCUT2D eigenvalue weighted by molar-refractivity contribution is 9.10. The van der Waals surface area contributed by atoms with Crippen LogP contribution in [0.3, 0.4) is 0 Å². The van der Waals surface area contributed by atoms with Crippen LogP contribution >= 0.6 is 39.1 Å². The van der Waals surface area contributed by atoms with Gasteiger partial charge in [0.2, 0.25) is 0 Å². The van der Waals surface area contributed by atoms with Gasteiger partial charge in [0.05, 0.1) is 0 Å². The SMILES string of the molecule is OC(c1cccc(Cl)c1)c1ccc(Br)cc1Cl. The Kier molecular flexibility index (Phi) is 4.10. The molecule has 0 aliphatic heterocycles. The summed E-state index contributed by atoms with van der Waals surface area (Å²) in [6.45, 7) is 0. The van der Waals surface area contributed by atoms with Crippen molar-refractivity contribution < 1.29 is 5.11 Å². The number of aliphatic hydroxyl groups is 1. The number of hydrogen-bond donors (Lipinski definition) is 1. The van der Waals surface area contributed by atoms with E-state index in [4.69, 9.17) is 23.2 Å². The van der Waals surface area contributed by atoms with Gasteiger partial charge in [0.1, 0.15) is 6.10 Å². The van der Waals surface area contributed by atoms with E-state index in [2.05, 4.69) is 15.9 Å². The molecule has 1 unspecified atom stereocenters. The summed E-state index contributed by atoms with van der Waals surface area (Å²) in [7, 11) is 0. The summed E-state index contributed by atoms with van der Waals surface area (Å²) in [5.41, 5.74) is 1.39. The normalized spacial score (nSPS) is 12.5. The third-order valence-corrected chi connectivity index (χ3v) is 3.48. The summed E-state index contributed by atoms with van der Waals surface area (Å²) in [5, 5.41) is 11.3. The van der Waals surface area contributed by atoms with E-state index >= 15 is 0 Å². The van der Waals surface area contributed by atoms with Crippen molar-refractivity contribution in [3.05, 3.63) is 68.1 Å². The Morgan fingerprint density at radius 3 is 2.47 bits per heavy atom. The second-order valence-electron chi connectivity index (χ2n) is 3.62. The van der Waals surface area contributed by atoms with Gasteiger partial charge >= 0.3 is 0 Å². The summed E-state index contributed by atoms with van der Waals surface area (Å²) >= 11 is 15.3. The highest BCUT2D eigenvalue weighted by Crippen LogP contribution is 2.31. The lowest BCUT2D eigenvalue weighted by molar-refractivity contribution is 0.220. The lowest BCUT2D eigenvalue weighted by Gasteiger charge is -2.13. The molecule has 0 spiro atoms. The van der Waals surface area contributed by atoms with E-state index < -0.39 is 6.10 Å². The summed E-state index contributed by atoms with van der Waals surface area (Å²) in [6, 6.07) is 12.5. The average molecular weight is 332 g/mol. The summed E-state index contributed by atoms with van der Waals surface area (Å²) in [4.78, 5) is 0. The molecule has 1 atom stereocenters. The molecule has 1 nitrogen and oxygen atoms in total. The van der Waals surface area contributed by atoms with Crippen molar-refractivity contribution in [1.82, 2.24) is 0 Å². The first-order valence-corrected chi connectivity index (χ1v) is 6.51. The van der Waals surface area contributed by atoms with Crippen molar-refractivity contribution in [2.75, 3.05) is 0 Å². The first-order chi connectivity index (χ1) is 8.08. The Morgan fingerprint density at radius 1 is 1.06 bits per heavy atom. The van der Waals surface area contributed by atoms with Gasteiger partial charge in [-0.05, 0) is 29.8 Å². The van der Waals surface area contributed by atoms with Gasteiger partial charge in [0.25, 0.3) is 0 Å². The monoisotopic (exact) mass is 330 g/mol. The molecule has 0 aliphatic carbocycles. The average Bonchev–Trinajstić information content (AvgIpc) is 2.28. The molecule has 0 fully saturated rings. The number of benzene rings is 2. The van der Waals surface area contributed by atoms with E-state index in [1.165, 1.54) is 0 Å². The van der Waals surface area contributed by atoms with E-state index in [-0.39, 0.29) is 0 Å². The minimum atomic E-state index is -0.769. The summed E-state index contributed by atoms with van der Waals surface area (Å²) in [6.07, 6.45) is -0.769. The second-order valence-corrected chi connectivity index (χ2v) is 5.38. The van der Waals surface area contributed by atoms with Crippen LogP contribution in [0.15, 0.2) is 46.9 Å². The zero-order chi connectivity index (χ0) is 12.4. The molecule has 2 aromatic carbocycles. The number of halogens is 3. The van der Waals surface area contributed by atoms with Crippen LogP contribution in [-0.4, -0.2) is 5.11 Å². The van der Waals surface area contributed by atoms with Crippen molar-refractivity contribution in [2.45, 2.75) is 6.10 Å². The smallest absolute Gasteiger partial charge is 0.106 e. The fourth-order valence-corrected chi connectivity index (χ4v) is 2.55. The molecule has 0 heterocycles. The highest BCUT2D eigenvalue weighted by atomic mass is 79.9. The number of rotatable bonds is 2. The molecule has 2 aromatic rings. The molecule has 1 N–H and O–H groups in total. The van der Waals surface area contributed by atoms with E-state index in [1.54, 1.807) is 30.3 Å². The van der Waals surface area contributed by atoms with Gasteiger partial charge in [-0.3, -0.25) is 0 Å². The molecule has 4 heteroatoms. The van der Waals surface area contributed by atoms with Crippen molar-refractivity contribution >= 4 is 39.1 Å². The summed E-state index contributed by atoms with van der Waals surface area (Å²) in [5.74, 6) is 0. The first-order valence-electron chi connectivity index (χ1n) is 4.96. The van der Waals surface area contributed by atoms with E-state index in [1.807, 2.05) is 12.1 Å². The topological polar surface area (TPSA) is 20.2 Å². The molecule has 0 bridgehead atoms. The predicted octanol–water partition coefficient (Wildman–Crippen LogP) is 4.84. The molecular formula is C13H9BrCl2O. The van der Waals surface area contributed by atoms with Crippen molar-refractivity contribution in [3.8, 4) is 0 Å². The minimum absolute atomic E-state index is 0.520. The number of hydrogen-bond acceptors (Lipinski definition) is 1. The molecule has 0 saturated heterocycles. The van der Waals surface area contributed by atoms with Gasteiger partial charge in [-0.2, -0.15) is 0 Å². The Morgan fingerprint density at radius 2 is 1.82 bits per heavy atom. The Labute approximate surface area is 118 Å². The molecular weight excluding hydrogens is 323 g/mol. The van der Waals surface area contributed by atoms with Gasteiger partial charge in [-0.1, -0.05) is 57.3 Å². The molecule has 88 valence electrons. The molecule has 0 amide bonds. The van der Waals surface area contributed by atoms with Gasteiger partial charge in [-0.15, -0.1) is 0 Å². The predicted molar refractivity (Wildman–Crippen MR) is 74.7 cm³/mol. The molecule has 17 heavy (non-hydrogen) atoms. The number of aliphatic hydroxyl groups excluding tert-OH is 1. The lowest BCUT2D eigenvalue weighted by atomic mass is 10.0. The minimum Gasteiger partial charge on any atom is -0.384 e. The zero-order valence-corrected chi connectivity index (χ0v) is 11.8. The molecule has 0 saturated carbocycles. The fraction of sp³-hybridized carbons (Fsp3) is 0.0769. The van der Waals surface area contributed by atoms with E-state index in [9.17, 15) is 5.11 Å². The maximum absolute atomic E-state index is 10.2. The van der Waals surface area contributed by atoms with Crippen molar-refractivity contribution in [1.29, 1.82) is 0 Å². The summed E-state index contributed by atoms with van der Waals surface area (Å²) < 4.78 is 0.879. The van der Waals surface area contributed by atoms with Crippen LogP contribution in [0.4, 0.5) is 0 Å². The van der Waals surface area contributed by atoms with Gasteiger partial charge in [0.15, 0.2) is 0 Å². The third kappa shape index (κ3) is 3.02. The molecule has 2 rings (SSSR count). The van der Waals surface area contributed by atoms with Crippen LogP contribution in [0.1, 0.15) is 17.2 Å². The Bertz CT molecular complexity index is 543. The lowest BCUT2D eigenvalue weighted by Crippen LogP contribution is -2.00. The fourth-order valence-electron chi connectivity index (χ4n) is 1.58. The van der Waals surface area contributed by atoms with Crippen LogP contribution < -0.4 is 0 Å². The van der Waals surface area contributed by atoms with Crippen molar-refractivity contribution in [2.24, 2.45) is 0 Å². The molecule has 0 aromatic heterocycles. The van der Waals surface area contributed by atoms with Gasteiger partial charge < -0.3 is 5.11 Å². The molecule has 0 aliphatic rings. The van der Waals surface area contributed by atoms with Gasteiger partial charge in [-0.25, -0.2) is 0 Å². The van der Waals surface area contributed by atoms with Crippen LogP contribution in [0.5, 0.6) is 0 Å². The van der Waals surface area contributed by atoms with Crippen molar-refractivity contribution in [3.63, 3.8) is 0 Å². The Hall–Kier alpha value is -0.540. The second kappa shape index (κ2) is 5.40. The quantitative estimate of drug-likeness (QED) is 0.835. The van der Waals surface area contributed by atoms with Crippen LogP contribution in [0.2, 0.25) is 10.0 Å². The Balaban J connectivity index is 2.40. The van der Waals surface area contributed by atoms with Crippen LogP contribution in [-0.2, 0) is 0 Å². The molecule has 0 radical (unpaired) electrons. The maximum atomic E-state index is 10.2. The highest BCUT2D eigenvalue weighted by Gasteiger charge is 2.14. The third-order valence-electron chi connectivity index (χ3n) is 2.42. The van der Waals surface area contributed by atoms with E-state index in [0.717, 1.165) is 10.0 Å². The van der Waals surface area contributed by atoms with Crippen LogP contribution in [0.25, 0.3) is 0 Å². The van der Waals surface area contributed by atoms with Crippen LogP contribution in [0, 0.1) is 0 Å².